The van der Waals surface area contributed by atoms with E-state index < -0.39 is 11.9 Å². The fourth-order valence-electron chi connectivity index (χ4n) is 2.34. The van der Waals surface area contributed by atoms with Gasteiger partial charge in [0, 0.05) is 18.7 Å². The first-order valence-corrected chi connectivity index (χ1v) is 6.30. The predicted molar refractivity (Wildman–Crippen MR) is 78.7 cm³/mol. The summed E-state index contributed by atoms with van der Waals surface area (Å²) in [6, 6.07) is 10.2. The second-order valence-corrected chi connectivity index (χ2v) is 4.71. The van der Waals surface area contributed by atoms with Crippen LogP contribution >= 0.6 is 17.0 Å². The Morgan fingerprint density at radius 2 is 2.11 bits per heavy atom. The minimum atomic E-state index is -0.785. The lowest BCUT2D eigenvalue weighted by atomic mass is 9.94. The van der Waals surface area contributed by atoms with Gasteiger partial charge in [-0.15, -0.1) is 17.0 Å². The first-order valence-electron chi connectivity index (χ1n) is 6.30. The van der Waals surface area contributed by atoms with E-state index in [2.05, 4.69) is 12.2 Å². The molecule has 1 aliphatic rings. The van der Waals surface area contributed by atoms with Gasteiger partial charge in [-0.1, -0.05) is 30.3 Å². The van der Waals surface area contributed by atoms with Gasteiger partial charge in [0.1, 0.15) is 0 Å². The van der Waals surface area contributed by atoms with Crippen LogP contribution in [0.3, 0.4) is 0 Å². The summed E-state index contributed by atoms with van der Waals surface area (Å²) in [6.45, 7) is 2.99. The fourth-order valence-corrected chi connectivity index (χ4v) is 2.34. The Hall–Kier alpha value is -0.910. The van der Waals surface area contributed by atoms with Gasteiger partial charge in [0.2, 0.25) is 0 Å². The van der Waals surface area contributed by atoms with Gasteiger partial charge in [-0.3, -0.25) is 4.79 Å². The monoisotopic (exact) mass is 329 g/mol. The first-order chi connectivity index (χ1) is 8.68. The highest BCUT2D eigenvalue weighted by atomic mass is 79.9. The van der Waals surface area contributed by atoms with Gasteiger partial charge in [-0.05, 0) is 18.9 Å². The highest BCUT2D eigenvalue weighted by Gasteiger charge is 2.32. The topological polar surface area (TPSA) is 58.6 Å². The van der Waals surface area contributed by atoms with Crippen LogP contribution in [0.15, 0.2) is 30.3 Å². The van der Waals surface area contributed by atoms with E-state index in [9.17, 15) is 9.90 Å². The number of halogens is 1. The third kappa shape index (κ3) is 4.30. The van der Waals surface area contributed by atoms with Crippen molar-refractivity contribution < 1.29 is 14.6 Å². The molecule has 0 saturated carbocycles. The quantitative estimate of drug-likeness (QED) is 0.890. The lowest BCUT2D eigenvalue weighted by molar-refractivity contribution is -0.147. The highest BCUT2D eigenvalue weighted by Crippen LogP contribution is 2.20. The van der Waals surface area contributed by atoms with E-state index in [1.54, 1.807) is 0 Å². The van der Waals surface area contributed by atoms with Crippen molar-refractivity contribution in [2.24, 2.45) is 5.92 Å². The second kappa shape index (κ2) is 7.62. The standard InChI is InChI=1S/C14H19NO3.BrH/c1-10(11-5-3-2-4-6-11)15-13-7-8-18-9-12(13)14(16)17;/h2-6,10,12-13,15H,7-9H2,1H3,(H,16,17);1H/t10-,12+,13-;/m0./s1. The Bertz CT molecular complexity index is 399. The average molecular weight is 330 g/mol. The molecular weight excluding hydrogens is 310 g/mol. The maximum atomic E-state index is 11.2. The number of rotatable bonds is 4. The molecule has 4 nitrogen and oxygen atoms in total. The van der Waals surface area contributed by atoms with Gasteiger partial charge in [0.15, 0.2) is 0 Å². The van der Waals surface area contributed by atoms with Crippen molar-refractivity contribution in [2.75, 3.05) is 13.2 Å². The molecule has 0 spiro atoms. The van der Waals surface area contributed by atoms with E-state index in [4.69, 9.17) is 4.74 Å². The van der Waals surface area contributed by atoms with Crippen LogP contribution in [0, 0.1) is 5.92 Å². The Morgan fingerprint density at radius 3 is 2.74 bits per heavy atom. The number of carboxylic acid groups (broad SMARTS) is 1. The summed E-state index contributed by atoms with van der Waals surface area (Å²) in [6.07, 6.45) is 0.744. The summed E-state index contributed by atoms with van der Waals surface area (Å²) < 4.78 is 5.24. The Balaban J connectivity index is 0.00000180. The Labute approximate surface area is 123 Å². The van der Waals surface area contributed by atoms with Crippen LogP contribution in [0.5, 0.6) is 0 Å². The van der Waals surface area contributed by atoms with Gasteiger partial charge in [-0.25, -0.2) is 0 Å². The molecule has 1 aromatic carbocycles. The third-order valence-electron chi connectivity index (χ3n) is 3.44. The summed E-state index contributed by atoms with van der Waals surface area (Å²) in [5.74, 6) is -1.24. The molecule has 1 aliphatic heterocycles. The molecule has 1 fully saturated rings. The molecule has 0 unspecified atom stereocenters. The summed E-state index contributed by atoms with van der Waals surface area (Å²) in [5.41, 5.74) is 1.17. The van der Waals surface area contributed by atoms with Crippen LogP contribution in [0.2, 0.25) is 0 Å². The van der Waals surface area contributed by atoms with Crippen LogP contribution in [0.4, 0.5) is 0 Å². The lowest BCUT2D eigenvalue weighted by Crippen LogP contribution is -2.47. The van der Waals surface area contributed by atoms with Gasteiger partial charge in [0.25, 0.3) is 0 Å². The number of hydrogen-bond acceptors (Lipinski definition) is 3. The molecule has 5 heteroatoms. The van der Waals surface area contributed by atoms with Crippen LogP contribution in [-0.4, -0.2) is 30.3 Å². The molecule has 0 aliphatic carbocycles. The summed E-state index contributed by atoms with van der Waals surface area (Å²) in [4.78, 5) is 11.2. The molecule has 1 heterocycles. The summed E-state index contributed by atoms with van der Waals surface area (Å²) in [7, 11) is 0. The second-order valence-electron chi connectivity index (χ2n) is 4.71. The number of nitrogens with one attached hydrogen (secondary N) is 1. The zero-order valence-electron chi connectivity index (χ0n) is 10.9. The first kappa shape index (κ1) is 16.1. The predicted octanol–water partition coefficient (Wildman–Crippen LogP) is 2.40. The van der Waals surface area contributed by atoms with Crippen molar-refractivity contribution >= 4 is 23.0 Å². The molecule has 19 heavy (non-hydrogen) atoms. The molecular formula is C14H20BrNO3. The van der Waals surface area contributed by atoms with E-state index in [0.29, 0.717) is 13.2 Å². The minimum absolute atomic E-state index is 0. The number of carbonyl (C=O) groups is 1. The van der Waals surface area contributed by atoms with E-state index in [-0.39, 0.29) is 29.1 Å². The number of aliphatic carboxylic acids is 1. The third-order valence-corrected chi connectivity index (χ3v) is 3.44. The molecule has 1 saturated heterocycles. The molecule has 2 N–H and O–H groups in total. The fraction of sp³-hybridized carbons (Fsp3) is 0.500. The molecule has 106 valence electrons. The van der Waals surface area contributed by atoms with Crippen LogP contribution in [0.1, 0.15) is 24.9 Å². The Morgan fingerprint density at radius 1 is 1.42 bits per heavy atom. The van der Waals surface area contributed by atoms with Crippen molar-refractivity contribution in [2.45, 2.75) is 25.4 Å². The molecule has 0 radical (unpaired) electrons. The molecule has 0 bridgehead atoms. The van der Waals surface area contributed by atoms with Crippen molar-refractivity contribution in [3.63, 3.8) is 0 Å². The summed E-state index contributed by atoms with van der Waals surface area (Å²) >= 11 is 0. The number of ether oxygens (including phenoxy) is 1. The smallest absolute Gasteiger partial charge is 0.310 e. The van der Waals surface area contributed by atoms with Gasteiger partial charge in [-0.2, -0.15) is 0 Å². The zero-order valence-corrected chi connectivity index (χ0v) is 12.6. The van der Waals surface area contributed by atoms with Crippen molar-refractivity contribution in [3.8, 4) is 0 Å². The summed E-state index contributed by atoms with van der Waals surface area (Å²) in [5, 5.41) is 12.6. The van der Waals surface area contributed by atoms with Crippen LogP contribution < -0.4 is 5.32 Å². The van der Waals surface area contributed by atoms with E-state index in [0.717, 1.165) is 6.42 Å². The van der Waals surface area contributed by atoms with E-state index in [1.165, 1.54) is 5.56 Å². The van der Waals surface area contributed by atoms with Gasteiger partial charge >= 0.3 is 5.97 Å². The van der Waals surface area contributed by atoms with Crippen molar-refractivity contribution in [1.82, 2.24) is 5.32 Å². The minimum Gasteiger partial charge on any atom is -0.481 e. The largest absolute Gasteiger partial charge is 0.481 e. The molecule has 1 aromatic rings. The molecule has 0 amide bonds. The van der Waals surface area contributed by atoms with Gasteiger partial charge < -0.3 is 15.2 Å². The number of benzene rings is 1. The number of hydrogen-bond donors (Lipinski definition) is 2. The van der Waals surface area contributed by atoms with E-state index in [1.807, 2.05) is 30.3 Å². The van der Waals surface area contributed by atoms with Crippen molar-refractivity contribution in [3.05, 3.63) is 35.9 Å². The Kier molecular flexibility index (Phi) is 6.48. The normalized spacial score (nSPS) is 24.3. The average Bonchev–Trinajstić information content (AvgIpc) is 2.40. The van der Waals surface area contributed by atoms with Crippen molar-refractivity contribution in [1.29, 1.82) is 0 Å². The number of carboxylic acids is 1. The highest BCUT2D eigenvalue weighted by molar-refractivity contribution is 8.93. The van der Waals surface area contributed by atoms with Gasteiger partial charge in [0.05, 0.1) is 12.5 Å². The zero-order chi connectivity index (χ0) is 13.0. The van der Waals surface area contributed by atoms with Crippen LogP contribution in [0.25, 0.3) is 0 Å². The maximum Gasteiger partial charge on any atom is 0.310 e. The SMILES string of the molecule is Br.C[C@H](N[C@H]1CCOC[C@H]1C(=O)O)c1ccccc1. The molecule has 0 aromatic heterocycles. The van der Waals surface area contributed by atoms with Crippen LogP contribution in [-0.2, 0) is 9.53 Å². The lowest BCUT2D eigenvalue weighted by Gasteiger charge is -2.32. The molecule has 3 atom stereocenters. The van der Waals surface area contributed by atoms with E-state index >= 15 is 0 Å². The molecule has 2 rings (SSSR count). The maximum absolute atomic E-state index is 11.2.